The summed E-state index contributed by atoms with van der Waals surface area (Å²) in [4.78, 5) is 42.3. The van der Waals surface area contributed by atoms with E-state index in [0.717, 1.165) is 11.3 Å². The average Bonchev–Trinajstić information content (AvgIpc) is 2.74. The quantitative estimate of drug-likeness (QED) is 0.455. The zero-order valence-electron chi connectivity index (χ0n) is 19.7. The Morgan fingerprint density at radius 1 is 1.18 bits per heavy atom. The fourth-order valence-electron chi connectivity index (χ4n) is 5.80. The fourth-order valence-corrected chi connectivity index (χ4v) is 5.80. The molecule has 0 aliphatic heterocycles. The summed E-state index contributed by atoms with van der Waals surface area (Å²) < 4.78 is 5.44. The van der Waals surface area contributed by atoms with Gasteiger partial charge >= 0.3 is 0 Å². The zero-order valence-corrected chi connectivity index (χ0v) is 19.7. The smallest absolute Gasteiger partial charge is 0.255 e. The van der Waals surface area contributed by atoms with E-state index in [1.165, 1.54) is 12.0 Å². The first-order valence-corrected chi connectivity index (χ1v) is 10.9. The largest absolute Gasteiger partial charge is 0.508 e. The first-order chi connectivity index (χ1) is 15.9. The maximum absolute atomic E-state index is 13.8. The summed E-state index contributed by atoms with van der Waals surface area (Å²) in [6.45, 7) is 0. The number of ketones is 2. The summed E-state index contributed by atoms with van der Waals surface area (Å²) in [6, 6.07) is 2.47. The van der Waals surface area contributed by atoms with Crippen molar-refractivity contribution >= 4 is 28.9 Å². The van der Waals surface area contributed by atoms with Crippen molar-refractivity contribution < 1.29 is 34.4 Å². The Morgan fingerprint density at radius 3 is 2.35 bits per heavy atom. The van der Waals surface area contributed by atoms with Crippen molar-refractivity contribution in [2.75, 3.05) is 40.2 Å². The number of nitrogens with zero attached hydrogens (tertiary/aromatic N) is 2. The number of aliphatic hydroxyl groups excluding tert-OH is 2. The lowest BCUT2D eigenvalue weighted by molar-refractivity contribution is -0.153. The second kappa shape index (κ2) is 7.85. The lowest BCUT2D eigenvalue weighted by Gasteiger charge is -2.50. The van der Waals surface area contributed by atoms with Crippen LogP contribution in [0.15, 0.2) is 29.0 Å². The van der Waals surface area contributed by atoms with E-state index < -0.39 is 52.3 Å². The number of anilines is 1. The minimum Gasteiger partial charge on any atom is -0.508 e. The van der Waals surface area contributed by atoms with Crippen molar-refractivity contribution in [2.45, 2.75) is 24.5 Å². The molecular formula is C24H29N3O7. The molecule has 10 nitrogen and oxygen atoms in total. The van der Waals surface area contributed by atoms with Crippen LogP contribution in [-0.4, -0.2) is 84.6 Å². The van der Waals surface area contributed by atoms with Crippen molar-refractivity contribution in [3.05, 3.63) is 40.2 Å². The molecule has 1 unspecified atom stereocenters. The fraction of sp³-hybridized carbons (Fsp3) is 0.458. The molecule has 3 aliphatic carbocycles. The van der Waals surface area contributed by atoms with Gasteiger partial charge in [-0.1, -0.05) is 0 Å². The highest BCUT2D eigenvalue weighted by molar-refractivity contribution is 6.24. The number of hydrogen-bond acceptors (Lipinski definition) is 9. The molecule has 182 valence electrons. The first-order valence-electron chi connectivity index (χ1n) is 10.9. The first kappa shape index (κ1) is 23.8. The Balaban J connectivity index is 2.00. The zero-order chi connectivity index (χ0) is 25.3. The third kappa shape index (κ3) is 2.98. The van der Waals surface area contributed by atoms with Crippen LogP contribution in [0, 0.1) is 11.8 Å². The minimum atomic E-state index is -2.59. The molecule has 1 fully saturated rings. The number of hydrogen-bond donors (Lipinski definition) is 4. The number of nitrogens with two attached hydrogens (primary N) is 1. The summed E-state index contributed by atoms with van der Waals surface area (Å²) in [5, 5.41) is 33.8. The molecule has 0 saturated heterocycles. The summed E-state index contributed by atoms with van der Waals surface area (Å²) in [6.07, 6.45) is 0.453. The average molecular weight is 472 g/mol. The number of primary amides is 1. The number of rotatable bonds is 4. The number of Topliss-reactive ketones (excluding diaryl/α,β-unsaturated/α-hetero) is 2. The third-order valence-corrected chi connectivity index (χ3v) is 7.26. The summed E-state index contributed by atoms with van der Waals surface area (Å²) in [5.74, 6) is -5.58. The van der Waals surface area contributed by atoms with Gasteiger partial charge in [-0.15, -0.1) is 0 Å². The van der Waals surface area contributed by atoms with Gasteiger partial charge < -0.3 is 30.7 Å². The van der Waals surface area contributed by atoms with Crippen LogP contribution in [0.4, 0.5) is 5.69 Å². The lowest BCUT2D eigenvalue weighted by Crippen LogP contribution is -2.65. The second-order valence-corrected chi connectivity index (χ2v) is 9.50. The summed E-state index contributed by atoms with van der Waals surface area (Å²) in [7, 11) is 8.34. The van der Waals surface area contributed by atoms with Gasteiger partial charge in [-0.2, -0.15) is 0 Å². The lowest BCUT2D eigenvalue weighted by atomic mass is 9.57. The van der Waals surface area contributed by atoms with Crippen molar-refractivity contribution in [1.29, 1.82) is 0 Å². The summed E-state index contributed by atoms with van der Waals surface area (Å²) in [5.41, 5.74) is 3.83. The van der Waals surface area contributed by atoms with Crippen LogP contribution >= 0.6 is 0 Å². The van der Waals surface area contributed by atoms with Gasteiger partial charge in [-0.05, 0) is 50.6 Å². The predicted molar refractivity (Wildman–Crippen MR) is 123 cm³/mol. The predicted octanol–water partition coefficient (Wildman–Crippen LogP) is 0.333. The minimum absolute atomic E-state index is 0.0670. The standard InChI is InChI=1S/C24H29N3O7/c1-26(2)13-6-7-14(34-5)16-11(13)8-10-9-12-18(27(3)4)20(29)17(23(25)32)22(31)24(12,33)21(30)15(10)19(16)28/h6-7,10,12,18,28,31,33H,8-9H2,1-5H3,(H2,25,32)/t10?,12-,18-,24-/m0/s1. The van der Waals surface area contributed by atoms with E-state index in [0.29, 0.717) is 17.7 Å². The number of ether oxygens (including phenoxy) is 1. The van der Waals surface area contributed by atoms with Crippen LogP contribution in [-0.2, 0) is 20.8 Å². The van der Waals surface area contributed by atoms with E-state index in [-0.39, 0.29) is 17.8 Å². The highest BCUT2D eigenvalue weighted by Crippen LogP contribution is 2.53. The van der Waals surface area contributed by atoms with E-state index in [1.54, 1.807) is 20.2 Å². The number of carbonyl (C=O) groups is 3. The maximum atomic E-state index is 13.8. The van der Waals surface area contributed by atoms with E-state index in [9.17, 15) is 29.7 Å². The van der Waals surface area contributed by atoms with E-state index in [1.807, 2.05) is 25.1 Å². The molecule has 0 aromatic heterocycles. The topological polar surface area (TPSA) is 154 Å². The van der Waals surface area contributed by atoms with Gasteiger partial charge in [0.2, 0.25) is 5.78 Å². The maximum Gasteiger partial charge on any atom is 0.255 e. The molecule has 0 bridgehead atoms. The van der Waals surface area contributed by atoms with E-state index in [2.05, 4.69) is 0 Å². The van der Waals surface area contributed by atoms with Crippen molar-refractivity contribution in [3.63, 3.8) is 0 Å². The van der Waals surface area contributed by atoms with Gasteiger partial charge in [0, 0.05) is 31.3 Å². The van der Waals surface area contributed by atoms with Gasteiger partial charge in [-0.25, -0.2) is 0 Å². The molecule has 34 heavy (non-hydrogen) atoms. The van der Waals surface area contributed by atoms with Crippen LogP contribution in [0.1, 0.15) is 17.5 Å². The molecular weight excluding hydrogens is 442 g/mol. The Hall–Kier alpha value is -3.37. The molecule has 3 aliphatic rings. The van der Waals surface area contributed by atoms with Crippen LogP contribution in [0.2, 0.25) is 0 Å². The molecule has 10 heteroatoms. The Kier molecular flexibility index (Phi) is 5.49. The SMILES string of the molecule is COc1ccc(N(C)C)c2c1C(O)=C1C(=O)[C@]3(O)C(O)=C(C(N)=O)C(=O)[C@@H](N(C)C)[C@@H]3CC1C2. The Morgan fingerprint density at radius 2 is 1.82 bits per heavy atom. The molecule has 1 amide bonds. The number of aliphatic hydroxyl groups is 3. The Bertz CT molecular complexity index is 1180. The van der Waals surface area contributed by atoms with Gasteiger partial charge in [0.05, 0.1) is 18.7 Å². The molecule has 5 N–H and O–H groups in total. The molecule has 4 rings (SSSR count). The number of carbonyl (C=O) groups excluding carboxylic acids is 3. The second-order valence-electron chi connectivity index (χ2n) is 9.50. The highest BCUT2D eigenvalue weighted by atomic mass is 16.5. The summed E-state index contributed by atoms with van der Waals surface area (Å²) >= 11 is 0. The number of fused-ring (bicyclic) bond motifs is 3. The van der Waals surface area contributed by atoms with E-state index in [4.69, 9.17) is 10.5 Å². The van der Waals surface area contributed by atoms with Gasteiger partial charge in [0.25, 0.3) is 5.91 Å². The number of amides is 1. The molecule has 1 saturated carbocycles. The molecule has 4 atom stereocenters. The normalized spacial score (nSPS) is 28.5. The third-order valence-electron chi connectivity index (χ3n) is 7.26. The van der Waals surface area contributed by atoms with Crippen molar-refractivity contribution in [2.24, 2.45) is 17.6 Å². The highest BCUT2D eigenvalue weighted by Gasteiger charge is 2.64. The monoisotopic (exact) mass is 471 g/mol. The number of methoxy groups -OCH3 is 1. The van der Waals surface area contributed by atoms with Gasteiger partial charge in [0.15, 0.2) is 11.4 Å². The molecule has 0 spiro atoms. The van der Waals surface area contributed by atoms with Gasteiger partial charge in [-0.3, -0.25) is 19.3 Å². The van der Waals surface area contributed by atoms with Crippen molar-refractivity contribution in [3.8, 4) is 5.75 Å². The molecule has 0 radical (unpaired) electrons. The van der Waals surface area contributed by atoms with E-state index >= 15 is 0 Å². The van der Waals surface area contributed by atoms with Crippen LogP contribution in [0.25, 0.3) is 5.76 Å². The van der Waals surface area contributed by atoms with Crippen LogP contribution < -0.4 is 15.4 Å². The van der Waals surface area contributed by atoms with Crippen molar-refractivity contribution in [1.82, 2.24) is 4.90 Å². The van der Waals surface area contributed by atoms with Crippen LogP contribution in [0.5, 0.6) is 5.75 Å². The molecule has 1 aromatic carbocycles. The number of benzene rings is 1. The molecule has 0 heterocycles. The van der Waals surface area contributed by atoms with Gasteiger partial charge in [0.1, 0.15) is 22.8 Å². The van der Waals surface area contributed by atoms with Crippen LogP contribution in [0.3, 0.4) is 0 Å². The number of likely N-dealkylation sites (N-methyl/N-ethyl adjacent to an activating group) is 1. The Labute approximate surface area is 196 Å². The molecule has 1 aromatic rings.